The number of benzene rings is 1. The number of aliphatic hydroxyl groups excluding tert-OH is 1. The summed E-state index contributed by atoms with van der Waals surface area (Å²) in [7, 11) is 3.82. The predicted molar refractivity (Wildman–Crippen MR) is 166 cm³/mol. The van der Waals surface area contributed by atoms with E-state index in [0.717, 1.165) is 69.5 Å². The molecular weight excluding hydrogens is 544 g/mol. The van der Waals surface area contributed by atoms with E-state index in [-0.39, 0.29) is 17.6 Å². The molecule has 1 aliphatic carbocycles. The quantitative estimate of drug-likeness (QED) is 0.256. The monoisotopic (exact) mass is 584 g/mol. The summed E-state index contributed by atoms with van der Waals surface area (Å²) < 4.78 is 7.91. The molecule has 226 valence electrons. The molecule has 0 radical (unpaired) electrons. The maximum atomic E-state index is 12.4. The van der Waals surface area contributed by atoms with Gasteiger partial charge in [-0.05, 0) is 43.1 Å². The first-order chi connectivity index (χ1) is 20.9. The maximum absolute atomic E-state index is 12.4. The van der Waals surface area contributed by atoms with Crippen molar-refractivity contribution in [3.8, 4) is 28.3 Å². The third-order valence-corrected chi connectivity index (χ3v) is 8.73. The Morgan fingerprint density at radius 3 is 2.58 bits per heavy atom. The molecule has 3 aromatic heterocycles. The summed E-state index contributed by atoms with van der Waals surface area (Å²) in [5.41, 5.74) is 3.16. The van der Waals surface area contributed by atoms with Gasteiger partial charge in [-0.15, -0.1) is 0 Å². The van der Waals surface area contributed by atoms with Crippen LogP contribution >= 0.6 is 0 Å². The second-order valence-corrected chi connectivity index (χ2v) is 11.9. The van der Waals surface area contributed by atoms with Crippen molar-refractivity contribution in [1.29, 1.82) is 0 Å². The van der Waals surface area contributed by atoms with E-state index < -0.39 is 0 Å². The lowest BCUT2D eigenvalue weighted by Crippen LogP contribution is -2.43. The summed E-state index contributed by atoms with van der Waals surface area (Å²) >= 11 is 0. The van der Waals surface area contributed by atoms with Crippen LogP contribution in [-0.2, 0) is 13.6 Å². The lowest BCUT2D eigenvalue weighted by Gasteiger charge is -2.32. The normalized spacial score (nSPS) is 17.3. The van der Waals surface area contributed by atoms with E-state index in [1.165, 1.54) is 10.2 Å². The Kier molecular flexibility index (Phi) is 8.55. The molecule has 11 nitrogen and oxygen atoms in total. The Bertz CT molecular complexity index is 1600. The molecule has 3 N–H and O–H groups in total. The minimum Gasteiger partial charge on any atom is -0.492 e. The number of H-pyrrole nitrogens is 1. The van der Waals surface area contributed by atoms with Gasteiger partial charge in [0.1, 0.15) is 22.9 Å². The molecule has 0 atom stereocenters. The number of anilines is 2. The summed E-state index contributed by atoms with van der Waals surface area (Å²) in [6.45, 7) is 5.74. The van der Waals surface area contributed by atoms with Crippen LogP contribution in [0.4, 0.5) is 11.6 Å². The first-order valence-electron chi connectivity index (χ1n) is 15.0. The molecular formula is C32H40N8O3. The fraction of sp³-hybridized carbons (Fsp3) is 0.438. The maximum Gasteiger partial charge on any atom is 0.277 e. The molecule has 0 spiro atoms. The van der Waals surface area contributed by atoms with Gasteiger partial charge in [0, 0.05) is 75.4 Å². The van der Waals surface area contributed by atoms with E-state index in [1.807, 2.05) is 12.3 Å². The zero-order valence-corrected chi connectivity index (χ0v) is 24.9. The number of aromatic nitrogens is 5. The highest BCUT2D eigenvalue weighted by atomic mass is 16.5. The van der Waals surface area contributed by atoms with Crippen molar-refractivity contribution in [2.45, 2.75) is 32.2 Å². The second-order valence-electron chi connectivity index (χ2n) is 11.9. The molecule has 2 fully saturated rings. The van der Waals surface area contributed by atoms with Crippen LogP contribution in [0.15, 0.2) is 59.8 Å². The lowest BCUT2D eigenvalue weighted by atomic mass is 9.88. The Hall–Kier alpha value is -4.06. The standard InChI is InChI=1S/C32H40N8O3/c1-38-12-14-40(15-13-38)20-23-6-5-7-24(16-23)25-18-34-29(17-27(25)43-22-32(21-41)9-3-4-10-32)36-28-8-11-33-30(37-28)26-19-35-39(2)31(26)42/h5-8,11,16-19,35,41H,3-4,9-10,12-15,20-22H2,1-2H3,(H,33,34,36,37). The average molecular weight is 585 g/mol. The predicted octanol–water partition coefficient (Wildman–Crippen LogP) is 3.65. The third-order valence-electron chi connectivity index (χ3n) is 8.73. The van der Waals surface area contributed by atoms with Crippen LogP contribution in [0.2, 0.25) is 0 Å². The lowest BCUT2D eigenvalue weighted by molar-refractivity contribution is 0.0721. The Labute approximate surface area is 251 Å². The molecule has 6 rings (SSSR count). The number of aliphatic hydroxyl groups is 1. The van der Waals surface area contributed by atoms with Gasteiger partial charge in [0.25, 0.3) is 5.56 Å². The molecule has 1 saturated carbocycles. The summed E-state index contributed by atoms with van der Waals surface area (Å²) in [5.74, 6) is 2.09. The topological polar surface area (TPSA) is 124 Å². The molecule has 4 aromatic rings. The smallest absolute Gasteiger partial charge is 0.277 e. The van der Waals surface area contributed by atoms with E-state index in [4.69, 9.17) is 9.72 Å². The molecule has 1 saturated heterocycles. The summed E-state index contributed by atoms with van der Waals surface area (Å²) in [6.07, 6.45) is 9.16. The molecule has 1 aliphatic heterocycles. The number of pyridine rings is 1. The fourth-order valence-electron chi connectivity index (χ4n) is 5.96. The van der Waals surface area contributed by atoms with Crippen LogP contribution in [0.1, 0.15) is 31.2 Å². The highest BCUT2D eigenvalue weighted by Crippen LogP contribution is 2.40. The van der Waals surface area contributed by atoms with Crippen molar-refractivity contribution < 1.29 is 9.84 Å². The van der Waals surface area contributed by atoms with Gasteiger partial charge in [-0.3, -0.25) is 14.4 Å². The van der Waals surface area contributed by atoms with Crippen LogP contribution in [0.5, 0.6) is 5.75 Å². The second kappa shape index (κ2) is 12.7. The Balaban J connectivity index is 1.28. The summed E-state index contributed by atoms with van der Waals surface area (Å²) in [4.78, 5) is 30.8. The number of ether oxygens (including phenoxy) is 1. The van der Waals surface area contributed by atoms with Gasteiger partial charge >= 0.3 is 0 Å². The first kappa shape index (κ1) is 29.0. The molecule has 11 heteroatoms. The minimum atomic E-state index is -0.221. The van der Waals surface area contributed by atoms with Gasteiger partial charge in [-0.1, -0.05) is 31.0 Å². The van der Waals surface area contributed by atoms with E-state index in [0.29, 0.717) is 35.4 Å². The number of rotatable bonds is 10. The zero-order chi connectivity index (χ0) is 29.8. The molecule has 0 amide bonds. The van der Waals surface area contributed by atoms with Crippen molar-refractivity contribution in [2.75, 3.05) is 51.8 Å². The van der Waals surface area contributed by atoms with Crippen LogP contribution in [0, 0.1) is 5.41 Å². The third kappa shape index (κ3) is 6.64. The summed E-state index contributed by atoms with van der Waals surface area (Å²) in [6, 6.07) is 12.2. The largest absolute Gasteiger partial charge is 0.492 e. The molecule has 2 aliphatic rings. The van der Waals surface area contributed by atoms with E-state index in [2.05, 4.69) is 61.5 Å². The number of aryl methyl sites for hydroxylation is 1. The van der Waals surface area contributed by atoms with E-state index >= 15 is 0 Å². The fourth-order valence-corrected chi connectivity index (χ4v) is 5.96. The highest BCUT2D eigenvalue weighted by molar-refractivity contribution is 5.73. The molecule has 43 heavy (non-hydrogen) atoms. The number of nitrogens with zero attached hydrogens (tertiary/aromatic N) is 6. The molecule has 4 heterocycles. The zero-order valence-electron chi connectivity index (χ0n) is 24.9. The number of likely N-dealkylation sites (N-methyl/N-ethyl adjacent to an activating group) is 1. The van der Waals surface area contributed by atoms with Gasteiger partial charge in [0.2, 0.25) is 0 Å². The van der Waals surface area contributed by atoms with Crippen molar-refractivity contribution >= 4 is 11.6 Å². The van der Waals surface area contributed by atoms with Gasteiger partial charge in [-0.25, -0.2) is 15.0 Å². The Morgan fingerprint density at radius 1 is 1.02 bits per heavy atom. The van der Waals surface area contributed by atoms with Gasteiger partial charge in [-0.2, -0.15) is 0 Å². The van der Waals surface area contributed by atoms with Crippen molar-refractivity contribution in [1.82, 2.24) is 34.5 Å². The van der Waals surface area contributed by atoms with Crippen LogP contribution < -0.4 is 15.6 Å². The van der Waals surface area contributed by atoms with Gasteiger partial charge < -0.3 is 25.2 Å². The van der Waals surface area contributed by atoms with Crippen LogP contribution in [0.25, 0.3) is 22.5 Å². The van der Waals surface area contributed by atoms with Gasteiger partial charge in [0.15, 0.2) is 5.82 Å². The Morgan fingerprint density at radius 2 is 1.84 bits per heavy atom. The number of nitrogens with one attached hydrogen (secondary N) is 2. The number of hydrogen-bond acceptors (Lipinski definition) is 9. The van der Waals surface area contributed by atoms with Crippen LogP contribution in [0.3, 0.4) is 0 Å². The number of hydrogen-bond donors (Lipinski definition) is 3. The summed E-state index contributed by atoms with van der Waals surface area (Å²) in [5, 5.41) is 16.3. The number of piperazine rings is 1. The number of aromatic amines is 1. The molecule has 0 bridgehead atoms. The molecule has 1 aromatic carbocycles. The van der Waals surface area contributed by atoms with Crippen molar-refractivity contribution in [2.24, 2.45) is 12.5 Å². The van der Waals surface area contributed by atoms with E-state index in [1.54, 1.807) is 25.5 Å². The van der Waals surface area contributed by atoms with Crippen molar-refractivity contribution in [3.05, 3.63) is 70.9 Å². The van der Waals surface area contributed by atoms with Crippen LogP contribution in [-0.4, -0.2) is 86.1 Å². The SMILES string of the molecule is CN1CCN(Cc2cccc(-c3cnc(Nc4ccnc(-c5c[nH]n(C)c5=O)n4)cc3OCC3(CO)CCCC3)c2)CC1. The van der Waals surface area contributed by atoms with Gasteiger partial charge in [0.05, 0.1) is 13.2 Å². The average Bonchev–Trinajstić information content (AvgIpc) is 3.64. The molecule has 0 unspecified atom stereocenters. The highest BCUT2D eigenvalue weighted by Gasteiger charge is 2.34. The first-order valence-corrected chi connectivity index (χ1v) is 15.0. The minimum absolute atomic E-state index is 0.112. The van der Waals surface area contributed by atoms with Crippen molar-refractivity contribution in [3.63, 3.8) is 0 Å². The van der Waals surface area contributed by atoms with E-state index in [9.17, 15) is 9.90 Å².